The Bertz CT molecular complexity index is 1300. The van der Waals surface area contributed by atoms with Crippen molar-refractivity contribution in [1.82, 2.24) is 14.8 Å². The third kappa shape index (κ3) is 4.74. The Morgan fingerprint density at radius 1 is 1.15 bits per heavy atom. The van der Waals surface area contributed by atoms with Gasteiger partial charge in [-0.1, -0.05) is 48.2 Å². The number of benzene rings is 1. The molecule has 0 unspecified atom stereocenters. The maximum Gasteiger partial charge on any atom is 0.235 e. The number of thioether (sulfide) groups is 1. The second kappa shape index (κ2) is 9.91. The highest BCUT2D eigenvalue weighted by Crippen LogP contribution is 2.37. The van der Waals surface area contributed by atoms with Crippen LogP contribution in [0.15, 0.2) is 53.0 Å². The van der Waals surface area contributed by atoms with E-state index in [0.717, 1.165) is 47.5 Å². The minimum atomic E-state index is -0.137. The zero-order valence-electron chi connectivity index (χ0n) is 17.8. The van der Waals surface area contributed by atoms with E-state index in [2.05, 4.69) is 38.3 Å². The number of aryl methyl sites for hydroxylation is 1. The summed E-state index contributed by atoms with van der Waals surface area (Å²) in [7, 11) is 0. The lowest BCUT2D eigenvalue weighted by molar-refractivity contribution is -0.113. The third-order valence-corrected chi connectivity index (χ3v) is 8.55. The van der Waals surface area contributed by atoms with Crippen molar-refractivity contribution in [1.29, 1.82) is 5.26 Å². The molecule has 0 aliphatic heterocycles. The van der Waals surface area contributed by atoms with E-state index in [-0.39, 0.29) is 11.7 Å². The molecule has 1 aliphatic carbocycles. The van der Waals surface area contributed by atoms with E-state index in [4.69, 9.17) is 0 Å². The molecular formula is C24H21N5OS3. The molecule has 0 radical (unpaired) electrons. The summed E-state index contributed by atoms with van der Waals surface area (Å²) in [5.74, 6) is 0.863. The molecule has 9 heteroatoms. The predicted molar refractivity (Wildman–Crippen MR) is 134 cm³/mol. The van der Waals surface area contributed by atoms with Crippen molar-refractivity contribution >= 4 is 45.3 Å². The first kappa shape index (κ1) is 21.9. The van der Waals surface area contributed by atoms with Gasteiger partial charge in [-0.3, -0.25) is 9.36 Å². The van der Waals surface area contributed by atoms with Gasteiger partial charge in [0.1, 0.15) is 11.1 Å². The zero-order chi connectivity index (χ0) is 22.6. The number of carbonyl (C=O) groups excluding carboxylic acids is 1. The molecule has 0 saturated heterocycles. The molecule has 3 aromatic heterocycles. The number of fused-ring (bicyclic) bond motifs is 1. The molecule has 1 aliphatic rings. The summed E-state index contributed by atoms with van der Waals surface area (Å²) in [4.78, 5) is 15.1. The molecule has 0 saturated carbocycles. The largest absolute Gasteiger partial charge is 0.316 e. The zero-order valence-corrected chi connectivity index (χ0v) is 20.2. The second-order valence-electron chi connectivity index (χ2n) is 7.72. The number of nitriles is 1. The van der Waals surface area contributed by atoms with Crippen molar-refractivity contribution in [3.8, 4) is 16.8 Å². The molecule has 166 valence electrons. The van der Waals surface area contributed by atoms with Crippen molar-refractivity contribution in [3.05, 3.63) is 69.4 Å². The van der Waals surface area contributed by atoms with E-state index in [9.17, 15) is 10.1 Å². The Kier molecular flexibility index (Phi) is 6.58. The van der Waals surface area contributed by atoms with Gasteiger partial charge in [0.15, 0.2) is 11.0 Å². The van der Waals surface area contributed by atoms with E-state index in [1.807, 2.05) is 35.7 Å². The molecule has 1 amide bonds. The van der Waals surface area contributed by atoms with Crippen molar-refractivity contribution < 1.29 is 4.79 Å². The Labute approximate surface area is 204 Å². The van der Waals surface area contributed by atoms with Crippen LogP contribution in [0.3, 0.4) is 0 Å². The van der Waals surface area contributed by atoms with E-state index in [1.165, 1.54) is 16.6 Å². The fourth-order valence-electron chi connectivity index (χ4n) is 3.96. The van der Waals surface area contributed by atoms with Crippen molar-refractivity contribution in [3.63, 3.8) is 0 Å². The maximum absolute atomic E-state index is 12.8. The van der Waals surface area contributed by atoms with E-state index < -0.39 is 0 Å². The summed E-state index contributed by atoms with van der Waals surface area (Å²) in [6.07, 6.45) is 4.16. The summed E-state index contributed by atoms with van der Waals surface area (Å²) in [5, 5.41) is 24.8. The van der Waals surface area contributed by atoms with Crippen LogP contribution in [0, 0.1) is 11.3 Å². The van der Waals surface area contributed by atoms with Crippen molar-refractivity contribution in [2.45, 2.75) is 37.4 Å². The molecule has 33 heavy (non-hydrogen) atoms. The number of nitrogens with zero attached hydrogens (tertiary/aromatic N) is 4. The normalized spacial score (nSPS) is 12.8. The number of carbonyl (C=O) groups is 1. The fourth-order valence-corrected chi connectivity index (χ4v) is 6.67. The van der Waals surface area contributed by atoms with Crippen LogP contribution in [0.2, 0.25) is 0 Å². The van der Waals surface area contributed by atoms with E-state index in [0.29, 0.717) is 22.3 Å². The predicted octanol–water partition coefficient (Wildman–Crippen LogP) is 5.60. The van der Waals surface area contributed by atoms with Crippen molar-refractivity contribution in [2.75, 3.05) is 11.1 Å². The summed E-state index contributed by atoms with van der Waals surface area (Å²) >= 11 is 4.53. The lowest BCUT2D eigenvalue weighted by Gasteiger charge is -2.10. The average Bonchev–Trinajstić information content (AvgIpc) is 3.57. The number of anilines is 1. The van der Waals surface area contributed by atoms with Crippen LogP contribution in [-0.2, 0) is 24.2 Å². The highest BCUT2D eigenvalue weighted by molar-refractivity contribution is 7.99. The quantitative estimate of drug-likeness (QED) is 0.340. The topological polar surface area (TPSA) is 83.6 Å². The molecular weight excluding hydrogens is 470 g/mol. The summed E-state index contributed by atoms with van der Waals surface area (Å²) < 4.78 is 2.06. The molecule has 1 aromatic carbocycles. The Morgan fingerprint density at radius 2 is 2.00 bits per heavy atom. The van der Waals surface area contributed by atoms with Crippen LogP contribution in [-0.4, -0.2) is 26.4 Å². The fraction of sp³-hybridized carbons (Fsp3) is 0.250. The monoisotopic (exact) mass is 491 g/mol. The smallest absolute Gasteiger partial charge is 0.235 e. The van der Waals surface area contributed by atoms with Gasteiger partial charge in [-0.15, -0.1) is 32.9 Å². The number of aromatic nitrogens is 3. The Balaban J connectivity index is 1.33. The first-order valence-electron chi connectivity index (χ1n) is 10.7. The lowest BCUT2D eigenvalue weighted by atomic mass is 9.96. The molecule has 0 bridgehead atoms. The standard InChI is InChI=1S/C24H21N5OS3/c25-13-18-17-9-4-5-10-19(17)33-23(18)26-21(30)15-32-24-28-27-22(20-11-6-12-31-20)29(24)14-16-7-2-1-3-8-16/h1-3,6-8,11-12H,4-5,9-10,14-15H2,(H,26,30). The number of amides is 1. The van der Waals surface area contributed by atoms with Crippen LogP contribution in [0.4, 0.5) is 5.00 Å². The Hall–Kier alpha value is -2.93. The van der Waals surface area contributed by atoms with Gasteiger partial charge < -0.3 is 5.32 Å². The van der Waals surface area contributed by atoms with Gasteiger partial charge in [-0.05, 0) is 48.3 Å². The molecule has 4 aromatic rings. The minimum absolute atomic E-state index is 0.137. The number of rotatable bonds is 7. The SMILES string of the molecule is N#Cc1c(NC(=O)CSc2nnc(-c3cccs3)n2Cc2ccccc2)sc2c1CCCC2. The average molecular weight is 492 g/mol. The van der Waals surface area contributed by atoms with Crippen LogP contribution >= 0.6 is 34.4 Å². The highest BCUT2D eigenvalue weighted by Gasteiger charge is 2.22. The first-order valence-corrected chi connectivity index (χ1v) is 13.4. The summed E-state index contributed by atoms with van der Waals surface area (Å²) in [6.45, 7) is 0.626. The van der Waals surface area contributed by atoms with Crippen LogP contribution in [0.5, 0.6) is 0 Å². The number of thiophene rings is 2. The summed E-state index contributed by atoms with van der Waals surface area (Å²) in [5.41, 5.74) is 2.91. The van der Waals surface area contributed by atoms with Gasteiger partial charge >= 0.3 is 0 Å². The maximum atomic E-state index is 12.8. The van der Waals surface area contributed by atoms with Gasteiger partial charge in [0.25, 0.3) is 0 Å². The highest BCUT2D eigenvalue weighted by atomic mass is 32.2. The van der Waals surface area contributed by atoms with E-state index >= 15 is 0 Å². The lowest BCUT2D eigenvalue weighted by Crippen LogP contribution is -2.15. The molecule has 0 atom stereocenters. The van der Waals surface area contributed by atoms with Gasteiger partial charge in [-0.25, -0.2) is 0 Å². The molecule has 0 spiro atoms. The minimum Gasteiger partial charge on any atom is -0.316 e. The first-order chi connectivity index (χ1) is 16.2. The van der Waals surface area contributed by atoms with Gasteiger partial charge in [-0.2, -0.15) is 5.26 Å². The molecule has 5 rings (SSSR count). The number of hydrogen-bond acceptors (Lipinski definition) is 7. The van der Waals surface area contributed by atoms with Crippen LogP contribution in [0.25, 0.3) is 10.7 Å². The summed E-state index contributed by atoms with van der Waals surface area (Å²) in [6, 6.07) is 16.5. The van der Waals surface area contributed by atoms with Gasteiger partial charge in [0.2, 0.25) is 5.91 Å². The second-order valence-corrected chi connectivity index (χ2v) is 10.7. The molecule has 1 N–H and O–H groups in total. The molecule has 0 fully saturated rings. The number of hydrogen-bond donors (Lipinski definition) is 1. The third-order valence-electron chi connectivity index (χ3n) is 5.51. The van der Waals surface area contributed by atoms with Gasteiger partial charge in [0.05, 0.1) is 22.7 Å². The van der Waals surface area contributed by atoms with Crippen LogP contribution in [0.1, 0.15) is 34.4 Å². The number of nitrogens with one attached hydrogen (secondary N) is 1. The van der Waals surface area contributed by atoms with E-state index in [1.54, 1.807) is 22.7 Å². The van der Waals surface area contributed by atoms with Crippen molar-refractivity contribution in [2.24, 2.45) is 0 Å². The molecule has 6 nitrogen and oxygen atoms in total. The van der Waals surface area contributed by atoms with Crippen LogP contribution < -0.4 is 5.32 Å². The van der Waals surface area contributed by atoms with Gasteiger partial charge in [0, 0.05) is 4.88 Å². The molecule has 3 heterocycles. The Morgan fingerprint density at radius 3 is 2.79 bits per heavy atom.